The molecule has 0 radical (unpaired) electrons. The van der Waals surface area contributed by atoms with Crippen LogP contribution in [0.2, 0.25) is 5.02 Å². The van der Waals surface area contributed by atoms with Gasteiger partial charge in [0.05, 0.1) is 10.6 Å². The van der Waals surface area contributed by atoms with Crippen LogP contribution in [0.5, 0.6) is 5.75 Å². The quantitative estimate of drug-likeness (QED) is 0.724. The molecule has 1 aliphatic carbocycles. The smallest absolute Gasteiger partial charge is 0.417 e. The van der Waals surface area contributed by atoms with E-state index >= 15 is 0 Å². The molecule has 0 unspecified atom stereocenters. The van der Waals surface area contributed by atoms with Gasteiger partial charge in [0.2, 0.25) is 0 Å². The molecule has 1 N–H and O–H groups in total. The van der Waals surface area contributed by atoms with E-state index in [2.05, 4.69) is 5.32 Å². The highest BCUT2D eigenvalue weighted by atomic mass is 35.5. The summed E-state index contributed by atoms with van der Waals surface area (Å²) in [5.74, 6) is 0.0357. The number of benzene rings is 2. The van der Waals surface area contributed by atoms with E-state index in [0.29, 0.717) is 5.75 Å². The van der Waals surface area contributed by atoms with Crippen LogP contribution in [-0.2, 0) is 23.8 Å². The predicted octanol–water partition coefficient (Wildman–Crippen LogP) is 5.64. The summed E-state index contributed by atoms with van der Waals surface area (Å²) in [6, 6.07) is 8.99. The third-order valence-electron chi connectivity index (χ3n) is 4.54. The second kappa shape index (κ2) is 7.80. The van der Waals surface area contributed by atoms with Gasteiger partial charge in [-0.05, 0) is 74.1 Å². The van der Waals surface area contributed by atoms with Crippen LogP contribution in [0.25, 0.3) is 0 Å². The number of amides is 1. The van der Waals surface area contributed by atoms with Crippen molar-refractivity contribution in [3.05, 3.63) is 58.1 Å². The lowest BCUT2D eigenvalue weighted by molar-refractivity contribution is -0.137. The van der Waals surface area contributed by atoms with Crippen LogP contribution < -0.4 is 10.1 Å². The van der Waals surface area contributed by atoms with Gasteiger partial charge in [-0.2, -0.15) is 13.2 Å². The van der Waals surface area contributed by atoms with Gasteiger partial charge >= 0.3 is 6.18 Å². The summed E-state index contributed by atoms with van der Waals surface area (Å²) in [7, 11) is 0. The van der Waals surface area contributed by atoms with Crippen molar-refractivity contribution in [2.24, 2.45) is 0 Å². The van der Waals surface area contributed by atoms with E-state index in [9.17, 15) is 18.0 Å². The van der Waals surface area contributed by atoms with E-state index in [4.69, 9.17) is 16.3 Å². The molecule has 7 heteroatoms. The molecule has 0 bridgehead atoms. The summed E-state index contributed by atoms with van der Waals surface area (Å²) in [5, 5.41) is 2.02. The molecule has 144 valence electrons. The average molecular weight is 398 g/mol. The number of carbonyl (C=O) groups is 1. The van der Waals surface area contributed by atoms with Crippen LogP contribution in [0, 0.1) is 0 Å². The van der Waals surface area contributed by atoms with Crippen LogP contribution >= 0.6 is 11.6 Å². The monoisotopic (exact) mass is 397 g/mol. The number of hydrogen-bond donors (Lipinski definition) is 1. The summed E-state index contributed by atoms with van der Waals surface area (Å²) >= 11 is 5.59. The van der Waals surface area contributed by atoms with Crippen molar-refractivity contribution >= 4 is 23.2 Å². The van der Waals surface area contributed by atoms with Crippen LogP contribution in [0.15, 0.2) is 36.4 Å². The number of hydrogen-bond acceptors (Lipinski definition) is 2. The van der Waals surface area contributed by atoms with E-state index in [1.165, 1.54) is 23.6 Å². The van der Waals surface area contributed by atoms with Crippen molar-refractivity contribution in [3.63, 3.8) is 0 Å². The van der Waals surface area contributed by atoms with Gasteiger partial charge < -0.3 is 10.1 Å². The van der Waals surface area contributed by atoms with Crippen LogP contribution in [0.4, 0.5) is 18.9 Å². The van der Waals surface area contributed by atoms with E-state index < -0.39 is 28.8 Å². The normalized spacial score (nSPS) is 15.0. The van der Waals surface area contributed by atoms with Crippen molar-refractivity contribution in [1.82, 2.24) is 0 Å². The number of halogens is 4. The minimum atomic E-state index is -4.59. The van der Waals surface area contributed by atoms with Gasteiger partial charge in [-0.25, -0.2) is 0 Å². The van der Waals surface area contributed by atoms with Gasteiger partial charge in [-0.1, -0.05) is 17.7 Å². The SMILES string of the molecule is C[C@@H](Oc1ccc2c(c1)CCCC2)C(=O)Nc1ccc(Cl)c(C(F)(F)F)c1. The molecule has 27 heavy (non-hydrogen) atoms. The number of nitrogens with one attached hydrogen (secondary N) is 1. The molecule has 0 spiro atoms. The van der Waals surface area contributed by atoms with Crippen molar-refractivity contribution in [2.45, 2.75) is 44.9 Å². The average Bonchev–Trinajstić information content (AvgIpc) is 2.62. The molecule has 3 nitrogen and oxygen atoms in total. The Kier molecular flexibility index (Phi) is 5.65. The first-order valence-electron chi connectivity index (χ1n) is 8.70. The fraction of sp³-hybridized carbons (Fsp3) is 0.350. The predicted molar refractivity (Wildman–Crippen MR) is 98.3 cm³/mol. The molecule has 0 saturated heterocycles. The summed E-state index contributed by atoms with van der Waals surface area (Å²) in [6.45, 7) is 1.55. The van der Waals surface area contributed by atoms with Crippen molar-refractivity contribution in [3.8, 4) is 5.75 Å². The number of rotatable bonds is 4. The zero-order valence-corrected chi connectivity index (χ0v) is 15.5. The van der Waals surface area contributed by atoms with Crippen LogP contribution in [0.1, 0.15) is 36.5 Å². The lowest BCUT2D eigenvalue weighted by atomic mass is 9.92. The van der Waals surface area contributed by atoms with E-state index in [0.717, 1.165) is 31.4 Å². The molecule has 0 heterocycles. The second-order valence-corrected chi connectivity index (χ2v) is 6.99. The maximum absolute atomic E-state index is 12.9. The zero-order valence-electron chi connectivity index (χ0n) is 14.7. The lowest BCUT2D eigenvalue weighted by Gasteiger charge is -2.19. The standard InChI is InChI=1S/C20H19ClF3NO2/c1-12(27-16-8-6-13-4-2-3-5-14(13)10-16)19(26)25-15-7-9-18(21)17(11-15)20(22,23)24/h6-12H,2-5H2,1H3,(H,25,26)/t12-/m1/s1. The molecule has 1 amide bonds. The molecule has 1 aliphatic rings. The lowest BCUT2D eigenvalue weighted by Crippen LogP contribution is -2.30. The highest BCUT2D eigenvalue weighted by Gasteiger charge is 2.33. The van der Waals surface area contributed by atoms with Gasteiger partial charge in [0.1, 0.15) is 5.75 Å². The Labute approximate surface area is 160 Å². The second-order valence-electron chi connectivity index (χ2n) is 6.58. The maximum Gasteiger partial charge on any atom is 0.417 e. The first kappa shape index (κ1) is 19.5. The molecule has 1 atom stereocenters. The minimum Gasteiger partial charge on any atom is -0.481 e. The Morgan fingerprint density at radius 1 is 1.11 bits per heavy atom. The maximum atomic E-state index is 12.9. The number of anilines is 1. The highest BCUT2D eigenvalue weighted by molar-refractivity contribution is 6.31. The third-order valence-corrected chi connectivity index (χ3v) is 4.87. The Morgan fingerprint density at radius 2 is 1.81 bits per heavy atom. The van der Waals surface area contributed by atoms with Crippen molar-refractivity contribution in [2.75, 3.05) is 5.32 Å². The molecular weight excluding hydrogens is 379 g/mol. The molecule has 0 fully saturated rings. The summed E-state index contributed by atoms with van der Waals surface area (Å²) < 4.78 is 44.5. The van der Waals surface area contributed by atoms with Gasteiger partial charge in [-0.3, -0.25) is 4.79 Å². The first-order valence-corrected chi connectivity index (χ1v) is 9.08. The molecule has 3 rings (SSSR count). The Balaban J connectivity index is 1.68. The topological polar surface area (TPSA) is 38.3 Å². The van der Waals surface area contributed by atoms with Crippen LogP contribution in [-0.4, -0.2) is 12.0 Å². The number of carbonyl (C=O) groups excluding carboxylic acids is 1. The number of ether oxygens (including phenoxy) is 1. The number of aryl methyl sites for hydroxylation is 2. The van der Waals surface area contributed by atoms with Gasteiger partial charge in [0.15, 0.2) is 6.10 Å². The van der Waals surface area contributed by atoms with Gasteiger partial charge in [0.25, 0.3) is 5.91 Å². The Morgan fingerprint density at radius 3 is 2.52 bits per heavy atom. The summed E-state index contributed by atoms with van der Waals surface area (Å²) in [6.07, 6.45) is -1.13. The summed E-state index contributed by atoms with van der Waals surface area (Å²) in [5.41, 5.74) is 1.54. The Bertz CT molecular complexity index is 852. The van der Waals surface area contributed by atoms with E-state index in [-0.39, 0.29) is 5.69 Å². The van der Waals surface area contributed by atoms with Crippen LogP contribution in [0.3, 0.4) is 0 Å². The molecule has 0 aliphatic heterocycles. The molecule has 2 aromatic carbocycles. The van der Waals surface area contributed by atoms with E-state index in [1.807, 2.05) is 18.2 Å². The zero-order chi connectivity index (χ0) is 19.6. The fourth-order valence-corrected chi connectivity index (χ4v) is 3.33. The Hall–Kier alpha value is -2.21. The number of alkyl halides is 3. The highest BCUT2D eigenvalue weighted by Crippen LogP contribution is 2.36. The molecule has 0 aromatic heterocycles. The first-order chi connectivity index (χ1) is 12.7. The number of fused-ring (bicyclic) bond motifs is 1. The van der Waals surface area contributed by atoms with Gasteiger partial charge in [0, 0.05) is 5.69 Å². The largest absolute Gasteiger partial charge is 0.481 e. The van der Waals surface area contributed by atoms with E-state index in [1.54, 1.807) is 6.92 Å². The third kappa shape index (κ3) is 4.75. The van der Waals surface area contributed by atoms with Crippen molar-refractivity contribution in [1.29, 1.82) is 0 Å². The van der Waals surface area contributed by atoms with Crippen molar-refractivity contribution < 1.29 is 22.7 Å². The molecular formula is C20H19ClF3NO2. The fourth-order valence-electron chi connectivity index (χ4n) is 3.10. The summed E-state index contributed by atoms with van der Waals surface area (Å²) in [4.78, 5) is 12.3. The minimum absolute atomic E-state index is 0.0117. The molecule has 0 saturated carbocycles. The molecule has 2 aromatic rings. The van der Waals surface area contributed by atoms with Gasteiger partial charge in [-0.15, -0.1) is 0 Å².